The zero-order chi connectivity index (χ0) is 13.1. The Labute approximate surface area is 119 Å². The molecule has 1 aromatic heterocycles. The largest absolute Gasteiger partial charge is 0.396 e. The van der Waals surface area contributed by atoms with Crippen LogP contribution in [0.3, 0.4) is 0 Å². The van der Waals surface area contributed by atoms with Crippen LogP contribution in [-0.4, -0.2) is 4.98 Å². The van der Waals surface area contributed by atoms with Gasteiger partial charge in [-0.2, -0.15) is 0 Å². The van der Waals surface area contributed by atoms with Crippen molar-refractivity contribution in [3.8, 4) is 0 Å². The standard InChI is InChI=1S/C13H13BrClN3/c1-8(9-2-4-10(14)5-3-9)18-13-12(16)6-11(15)7-17-13/h2-8H,16H2,1H3,(H,17,18). The summed E-state index contributed by atoms with van der Waals surface area (Å²) in [4.78, 5) is 4.18. The Bertz CT molecular complexity index is 542. The van der Waals surface area contributed by atoms with Gasteiger partial charge in [0.15, 0.2) is 0 Å². The molecule has 1 atom stereocenters. The fourth-order valence-corrected chi connectivity index (χ4v) is 2.05. The number of nitrogens with two attached hydrogens (primary N) is 1. The molecule has 2 aromatic rings. The Kier molecular flexibility index (Phi) is 4.09. The number of rotatable bonds is 3. The molecule has 94 valence electrons. The first-order valence-electron chi connectivity index (χ1n) is 5.49. The molecule has 3 nitrogen and oxygen atoms in total. The summed E-state index contributed by atoms with van der Waals surface area (Å²) in [6, 6.07) is 9.92. The molecule has 0 aliphatic carbocycles. The lowest BCUT2D eigenvalue weighted by Crippen LogP contribution is -2.09. The minimum absolute atomic E-state index is 0.120. The van der Waals surface area contributed by atoms with Gasteiger partial charge in [0.1, 0.15) is 5.82 Å². The minimum Gasteiger partial charge on any atom is -0.396 e. The van der Waals surface area contributed by atoms with E-state index >= 15 is 0 Å². The van der Waals surface area contributed by atoms with Crippen LogP contribution < -0.4 is 11.1 Å². The number of nitrogens with one attached hydrogen (secondary N) is 1. The van der Waals surface area contributed by atoms with Crippen molar-refractivity contribution >= 4 is 39.0 Å². The Hall–Kier alpha value is -1.26. The van der Waals surface area contributed by atoms with Gasteiger partial charge in [0.25, 0.3) is 0 Å². The SMILES string of the molecule is CC(Nc1ncc(Cl)cc1N)c1ccc(Br)cc1. The maximum Gasteiger partial charge on any atom is 0.149 e. The number of pyridine rings is 1. The third-order valence-corrected chi connectivity index (χ3v) is 3.34. The smallest absolute Gasteiger partial charge is 0.149 e. The summed E-state index contributed by atoms with van der Waals surface area (Å²) in [5.74, 6) is 0.648. The number of nitrogen functional groups attached to an aromatic ring is 1. The number of halogens is 2. The summed E-state index contributed by atoms with van der Waals surface area (Å²) in [6.45, 7) is 2.05. The second kappa shape index (κ2) is 5.59. The molecule has 0 amide bonds. The van der Waals surface area contributed by atoms with Crippen LogP contribution in [-0.2, 0) is 0 Å². The summed E-state index contributed by atoms with van der Waals surface area (Å²) in [5, 5.41) is 3.80. The average molecular weight is 327 g/mol. The lowest BCUT2D eigenvalue weighted by atomic mass is 10.1. The van der Waals surface area contributed by atoms with Gasteiger partial charge in [-0.1, -0.05) is 39.7 Å². The van der Waals surface area contributed by atoms with Gasteiger partial charge in [-0.25, -0.2) is 4.98 Å². The predicted molar refractivity (Wildman–Crippen MR) is 79.8 cm³/mol. The van der Waals surface area contributed by atoms with Crippen LogP contribution in [0.15, 0.2) is 41.0 Å². The van der Waals surface area contributed by atoms with Gasteiger partial charge in [0, 0.05) is 10.7 Å². The van der Waals surface area contributed by atoms with Crippen molar-refractivity contribution in [3.05, 3.63) is 51.6 Å². The molecule has 0 aliphatic heterocycles. The second-order valence-corrected chi connectivity index (χ2v) is 5.36. The Morgan fingerprint density at radius 1 is 1.33 bits per heavy atom. The highest BCUT2D eigenvalue weighted by Crippen LogP contribution is 2.25. The molecule has 18 heavy (non-hydrogen) atoms. The topological polar surface area (TPSA) is 50.9 Å². The van der Waals surface area contributed by atoms with Crippen molar-refractivity contribution in [1.29, 1.82) is 0 Å². The van der Waals surface area contributed by atoms with E-state index in [1.165, 1.54) is 0 Å². The van der Waals surface area contributed by atoms with Crippen LogP contribution in [0.1, 0.15) is 18.5 Å². The van der Waals surface area contributed by atoms with E-state index in [4.69, 9.17) is 17.3 Å². The Morgan fingerprint density at radius 2 is 2.00 bits per heavy atom. The number of hydrogen-bond acceptors (Lipinski definition) is 3. The molecule has 0 aliphatic rings. The van der Waals surface area contributed by atoms with Gasteiger partial charge in [-0.15, -0.1) is 0 Å². The molecule has 3 N–H and O–H groups in total. The fourth-order valence-electron chi connectivity index (χ4n) is 1.62. The van der Waals surface area contributed by atoms with Crippen LogP contribution in [0, 0.1) is 0 Å². The fraction of sp³-hybridized carbons (Fsp3) is 0.154. The van der Waals surface area contributed by atoms with Crippen molar-refractivity contribution in [2.24, 2.45) is 0 Å². The predicted octanol–water partition coefficient (Wildman–Crippen LogP) is 4.25. The van der Waals surface area contributed by atoms with E-state index in [0.717, 1.165) is 10.0 Å². The van der Waals surface area contributed by atoms with E-state index in [-0.39, 0.29) is 6.04 Å². The van der Waals surface area contributed by atoms with E-state index in [1.807, 2.05) is 24.3 Å². The van der Waals surface area contributed by atoms with Crippen LogP contribution in [0.2, 0.25) is 5.02 Å². The van der Waals surface area contributed by atoms with E-state index in [1.54, 1.807) is 12.3 Å². The molecule has 5 heteroatoms. The number of hydrogen-bond donors (Lipinski definition) is 2. The van der Waals surface area contributed by atoms with E-state index in [9.17, 15) is 0 Å². The van der Waals surface area contributed by atoms with Gasteiger partial charge in [0.2, 0.25) is 0 Å². The first-order valence-corrected chi connectivity index (χ1v) is 6.66. The summed E-state index contributed by atoms with van der Waals surface area (Å²) in [5.41, 5.74) is 7.56. The van der Waals surface area contributed by atoms with Crippen LogP contribution >= 0.6 is 27.5 Å². The maximum atomic E-state index is 5.85. The second-order valence-electron chi connectivity index (χ2n) is 4.01. The molecular formula is C13H13BrClN3. The average Bonchev–Trinajstić information content (AvgIpc) is 2.33. The Morgan fingerprint density at radius 3 is 2.61 bits per heavy atom. The first kappa shape index (κ1) is 13.2. The first-order chi connectivity index (χ1) is 8.56. The number of nitrogens with zero attached hydrogens (tertiary/aromatic N) is 1. The highest BCUT2D eigenvalue weighted by Gasteiger charge is 2.08. The molecule has 0 radical (unpaired) electrons. The normalized spacial score (nSPS) is 12.2. The van der Waals surface area contributed by atoms with E-state index in [2.05, 4.69) is 33.2 Å². The molecule has 2 rings (SSSR count). The third-order valence-electron chi connectivity index (χ3n) is 2.61. The minimum atomic E-state index is 0.120. The van der Waals surface area contributed by atoms with Crippen LogP contribution in [0.25, 0.3) is 0 Å². The van der Waals surface area contributed by atoms with Crippen molar-refractivity contribution < 1.29 is 0 Å². The van der Waals surface area contributed by atoms with Crippen molar-refractivity contribution in [2.75, 3.05) is 11.1 Å². The monoisotopic (exact) mass is 325 g/mol. The molecule has 0 bridgehead atoms. The van der Waals surface area contributed by atoms with E-state index < -0.39 is 0 Å². The zero-order valence-corrected chi connectivity index (χ0v) is 12.2. The molecule has 0 fully saturated rings. The summed E-state index contributed by atoms with van der Waals surface area (Å²) < 4.78 is 1.06. The highest BCUT2D eigenvalue weighted by molar-refractivity contribution is 9.10. The molecule has 1 unspecified atom stereocenters. The molecule has 0 spiro atoms. The molecule has 1 aromatic carbocycles. The summed E-state index contributed by atoms with van der Waals surface area (Å²) in [6.07, 6.45) is 1.58. The third kappa shape index (κ3) is 3.15. The summed E-state index contributed by atoms with van der Waals surface area (Å²) >= 11 is 9.23. The van der Waals surface area contributed by atoms with Gasteiger partial charge >= 0.3 is 0 Å². The zero-order valence-electron chi connectivity index (χ0n) is 9.82. The van der Waals surface area contributed by atoms with Crippen molar-refractivity contribution in [1.82, 2.24) is 4.98 Å². The lowest BCUT2D eigenvalue weighted by Gasteiger charge is -2.16. The number of anilines is 2. The van der Waals surface area contributed by atoms with Crippen molar-refractivity contribution in [3.63, 3.8) is 0 Å². The molecule has 1 heterocycles. The lowest BCUT2D eigenvalue weighted by molar-refractivity contribution is 0.875. The molecule has 0 saturated heterocycles. The van der Waals surface area contributed by atoms with Gasteiger partial charge in [-0.3, -0.25) is 0 Å². The van der Waals surface area contributed by atoms with Crippen LogP contribution in [0.4, 0.5) is 11.5 Å². The van der Waals surface area contributed by atoms with Crippen LogP contribution in [0.5, 0.6) is 0 Å². The Balaban J connectivity index is 2.15. The summed E-state index contributed by atoms with van der Waals surface area (Å²) in [7, 11) is 0. The maximum absolute atomic E-state index is 5.85. The number of benzene rings is 1. The van der Waals surface area contributed by atoms with Gasteiger partial charge < -0.3 is 11.1 Å². The molecular weight excluding hydrogens is 314 g/mol. The van der Waals surface area contributed by atoms with Gasteiger partial charge in [0.05, 0.1) is 16.8 Å². The quantitative estimate of drug-likeness (QED) is 0.886. The highest BCUT2D eigenvalue weighted by atomic mass is 79.9. The van der Waals surface area contributed by atoms with Crippen molar-refractivity contribution in [2.45, 2.75) is 13.0 Å². The van der Waals surface area contributed by atoms with Gasteiger partial charge in [-0.05, 0) is 30.7 Å². The van der Waals surface area contributed by atoms with E-state index in [0.29, 0.717) is 16.5 Å². The number of aromatic nitrogens is 1. The molecule has 0 saturated carbocycles.